The second-order valence-corrected chi connectivity index (χ2v) is 5.78. The van der Waals surface area contributed by atoms with Crippen LogP contribution in [-0.2, 0) is 11.2 Å². The van der Waals surface area contributed by atoms with E-state index in [4.69, 9.17) is 4.74 Å². The van der Waals surface area contributed by atoms with Crippen molar-refractivity contribution in [1.82, 2.24) is 5.32 Å². The monoisotopic (exact) mass is 269 g/mol. The van der Waals surface area contributed by atoms with E-state index in [1.807, 2.05) is 0 Å². The lowest BCUT2D eigenvalue weighted by Crippen LogP contribution is -2.44. The summed E-state index contributed by atoms with van der Waals surface area (Å²) < 4.78 is 31.7. The van der Waals surface area contributed by atoms with Crippen LogP contribution < -0.4 is 5.32 Å². The van der Waals surface area contributed by atoms with Gasteiger partial charge in [-0.15, -0.1) is 0 Å². The van der Waals surface area contributed by atoms with Gasteiger partial charge in [0.05, 0.1) is 5.60 Å². The lowest BCUT2D eigenvalue weighted by Gasteiger charge is -2.36. The van der Waals surface area contributed by atoms with Gasteiger partial charge in [-0.1, -0.05) is 0 Å². The molecule has 1 aromatic rings. The normalized spacial score (nSPS) is 22.4. The lowest BCUT2D eigenvalue weighted by molar-refractivity contribution is -0.0627. The first-order valence-electron chi connectivity index (χ1n) is 6.77. The van der Waals surface area contributed by atoms with Gasteiger partial charge in [-0.2, -0.15) is 0 Å². The molecule has 0 bridgehead atoms. The van der Waals surface area contributed by atoms with Crippen LogP contribution in [0.2, 0.25) is 0 Å². The number of hydrogen-bond donors (Lipinski definition) is 1. The van der Waals surface area contributed by atoms with Gasteiger partial charge in [-0.3, -0.25) is 0 Å². The largest absolute Gasteiger partial charge is 0.375 e. The maximum Gasteiger partial charge on any atom is 0.126 e. The Bertz CT molecular complexity index is 414. The summed E-state index contributed by atoms with van der Waals surface area (Å²) in [6.45, 7) is 5.66. The summed E-state index contributed by atoms with van der Waals surface area (Å²) >= 11 is 0. The molecule has 0 radical (unpaired) electrons. The average molecular weight is 269 g/mol. The fraction of sp³-hybridized carbons (Fsp3) is 0.600. The number of hydrogen-bond acceptors (Lipinski definition) is 2. The Morgan fingerprint density at radius 2 is 1.95 bits per heavy atom. The molecular weight excluding hydrogens is 248 g/mol. The van der Waals surface area contributed by atoms with Crippen LogP contribution in [0.1, 0.15) is 32.3 Å². The van der Waals surface area contributed by atoms with Gasteiger partial charge in [0, 0.05) is 18.7 Å². The molecule has 106 valence electrons. The van der Waals surface area contributed by atoms with Crippen molar-refractivity contribution in [1.29, 1.82) is 0 Å². The van der Waals surface area contributed by atoms with Crippen LogP contribution >= 0.6 is 0 Å². The van der Waals surface area contributed by atoms with E-state index < -0.39 is 11.6 Å². The van der Waals surface area contributed by atoms with Crippen molar-refractivity contribution >= 4 is 0 Å². The van der Waals surface area contributed by atoms with E-state index in [2.05, 4.69) is 19.2 Å². The van der Waals surface area contributed by atoms with Crippen LogP contribution in [0.3, 0.4) is 0 Å². The molecule has 0 aromatic heterocycles. The smallest absolute Gasteiger partial charge is 0.126 e. The Hall–Kier alpha value is -1.00. The molecule has 2 nitrogen and oxygen atoms in total. The Morgan fingerprint density at radius 1 is 1.26 bits per heavy atom. The predicted molar refractivity (Wildman–Crippen MR) is 71.1 cm³/mol. The molecule has 1 heterocycles. The Balaban J connectivity index is 1.80. The second kappa shape index (κ2) is 5.97. The molecular formula is C15H21F2NO. The predicted octanol–water partition coefficient (Wildman–Crippen LogP) is 3.05. The van der Waals surface area contributed by atoms with Crippen LogP contribution in [0.5, 0.6) is 0 Å². The van der Waals surface area contributed by atoms with E-state index in [0.29, 0.717) is 18.0 Å². The molecule has 1 atom stereocenters. The quantitative estimate of drug-likeness (QED) is 0.907. The van der Waals surface area contributed by atoms with E-state index >= 15 is 0 Å². The highest BCUT2D eigenvalue weighted by molar-refractivity contribution is 5.18. The minimum absolute atomic E-state index is 0.0825. The third-order valence-electron chi connectivity index (χ3n) is 3.47. The first-order chi connectivity index (χ1) is 8.94. The van der Waals surface area contributed by atoms with Crippen molar-refractivity contribution in [3.05, 3.63) is 35.4 Å². The molecule has 1 aliphatic heterocycles. The Morgan fingerprint density at radius 3 is 2.58 bits per heavy atom. The second-order valence-electron chi connectivity index (χ2n) is 5.78. The highest BCUT2D eigenvalue weighted by Gasteiger charge is 2.28. The molecule has 0 aliphatic carbocycles. The van der Waals surface area contributed by atoms with E-state index in [9.17, 15) is 8.78 Å². The SMILES string of the molecule is CC1(C)CC(NCCc2cc(F)cc(F)c2)CCO1. The van der Waals surface area contributed by atoms with Gasteiger partial charge in [-0.05, 0) is 57.4 Å². The third-order valence-corrected chi connectivity index (χ3v) is 3.47. The van der Waals surface area contributed by atoms with E-state index in [1.54, 1.807) is 0 Å². The van der Waals surface area contributed by atoms with Gasteiger partial charge in [0.1, 0.15) is 11.6 Å². The summed E-state index contributed by atoms with van der Waals surface area (Å²) in [5, 5.41) is 3.44. The zero-order valence-electron chi connectivity index (χ0n) is 11.5. The number of rotatable bonds is 4. The fourth-order valence-corrected chi connectivity index (χ4v) is 2.58. The minimum Gasteiger partial charge on any atom is -0.375 e. The molecule has 0 saturated carbocycles. The molecule has 1 unspecified atom stereocenters. The van der Waals surface area contributed by atoms with Gasteiger partial charge < -0.3 is 10.1 Å². The Labute approximate surface area is 113 Å². The summed E-state index contributed by atoms with van der Waals surface area (Å²) in [5.74, 6) is -1.02. The van der Waals surface area contributed by atoms with E-state index in [1.165, 1.54) is 12.1 Å². The molecule has 0 amide bonds. The van der Waals surface area contributed by atoms with Crippen LogP contribution in [0.4, 0.5) is 8.78 Å². The molecule has 1 aliphatic rings. The molecule has 4 heteroatoms. The van der Waals surface area contributed by atoms with Crippen molar-refractivity contribution in [3.63, 3.8) is 0 Å². The van der Waals surface area contributed by atoms with Crippen molar-refractivity contribution in [2.75, 3.05) is 13.2 Å². The van der Waals surface area contributed by atoms with Crippen LogP contribution in [0, 0.1) is 11.6 Å². The van der Waals surface area contributed by atoms with Gasteiger partial charge >= 0.3 is 0 Å². The van der Waals surface area contributed by atoms with Crippen LogP contribution in [-0.4, -0.2) is 24.8 Å². The van der Waals surface area contributed by atoms with Gasteiger partial charge in [0.2, 0.25) is 0 Å². The molecule has 2 rings (SSSR count). The third kappa shape index (κ3) is 4.55. The number of benzene rings is 1. The highest BCUT2D eigenvalue weighted by Crippen LogP contribution is 2.23. The van der Waals surface area contributed by atoms with E-state index in [0.717, 1.165) is 32.1 Å². The van der Waals surface area contributed by atoms with Gasteiger partial charge in [0.15, 0.2) is 0 Å². The summed E-state index contributed by atoms with van der Waals surface area (Å²) in [7, 11) is 0. The van der Waals surface area contributed by atoms with Crippen molar-refractivity contribution in [2.45, 2.75) is 44.8 Å². The zero-order valence-corrected chi connectivity index (χ0v) is 11.5. The first kappa shape index (κ1) is 14.4. The maximum absolute atomic E-state index is 13.0. The lowest BCUT2D eigenvalue weighted by atomic mass is 9.94. The standard InChI is InChI=1S/C15H21F2NO/c1-15(2)10-14(4-6-19-15)18-5-3-11-7-12(16)9-13(17)8-11/h7-9,14,18H,3-6,10H2,1-2H3. The average Bonchev–Trinajstić information content (AvgIpc) is 2.26. The summed E-state index contributed by atoms with van der Waals surface area (Å²) in [4.78, 5) is 0. The minimum atomic E-state index is -0.512. The van der Waals surface area contributed by atoms with Gasteiger partial charge in [-0.25, -0.2) is 8.78 Å². The molecule has 0 spiro atoms. The van der Waals surface area contributed by atoms with Crippen LogP contribution in [0.15, 0.2) is 18.2 Å². The summed E-state index contributed by atoms with van der Waals surface area (Å²) in [6.07, 6.45) is 2.58. The summed E-state index contributed by atoms with van der Waals surface area (Å²) in [5.41, 5.74) is 0.609. The highest BCUT2D eigenvalue weighted by atomic mass is 19.1. The number of nitrogens with one attached hydrogen (secondary N) is 1. The van der Waals surface area contributed by atoms with Crippen molar-refractivity contribution in [3.8, 4) is 0 Å². The maximum atomic E-state index is 13.0. The van der Waals surface area contributed by atoms with Crippen LogP contribution in [0.25, 0.3) is 0 Å². The molecule has 19 heavy (non-hydrogen) atoms. The fourth-order valence-electron chi connectivity index (χ4n) is 2.58. The number of halogens is 2. The zero-order chi connectivity index (χ0) is 13.9. The summed E-state index contributed by atoms with van der Waals surface area (Å²) in [6, 6.07) is 4.09. The molecule has 1 N–H and O–H groups in total. The van der Waals surface area contributed by atoms with Gasteiger partial charge in [0.25, 0.3) is 0 Å². The number of ether oxygens (including phenoxy) is 1. The van der Waals surface area contributed by atoms with E-state index in [-0.39, 0.29) is 5.60 Å². The first-order valence-corrected chi connectivity index (χ1v) is 6.77. The molecule has 1 saturated heterocycles. The molecule has 1 fully saturated rings. The topological polar surface area (TPSA) is 21.3 Å². The Kier molecular flexibility index (Phi) is 4.53. The van der Waals surface area contributed by atoms with Crippen molar-refractivity contribution in [2.24, 2.45) is 0 Å². The van der Waals surface area contributed by atoms with Crippen molar-refractivity contribution < 1.29 is 13.5 Å². The molecule has 1 aromatic carbocycles.